The lowest BCUT2D eigenvalue weighted by Gasteiger charge is -2.26. The molecule has 1 N–H and O–H groups in total. The van der Waals surface area contributed by atoms with E-state index in [2.05, 4.69) is 20.8 Å². The van der Waals surface area contributed by atoms with Crippen molar-refractivity contribution in [3.63, 3.8) is 0 Å². The Labute approximate surface area is 133 Å². The lowest BCUT2D eigenvalue weighted by atomic mass is 9.87. The van der Waals surface area contributed by atoms with Gasteiger partial charge in [-0.25, -0.2) is 0 Å². The predicted octanol–water partition coefficient (Wildman–Crippen LogP) is 3.84. The Morgan fingerprint density at radius 3 is 2.14 bits per heavy atom. The molecule has 1 aromatic carbocycles. The van der Waals surface area contributed by atoms with E-state index in [-0.39, 0.29) is 17.9 Å². The topological polar surface area (TPSA) is 57.6 Å². The van der Waals surface area contributed by atoms with Crippen molar-refractivity contribution < 1.29 is 14.7 Å². The molecule has 0 aromatic heterocycles. The summed E-state index contributed by atoms with van der Waals surface area (Å²) < 4.78 is 0. The first-order valence-electron chi connectivity index (χ1n) is 7.80. The highest BCUT2D eigenvalue weighted by Crippen LogP contribution is 2.25. The Balaban J connectivity index is 3.05. The summed E-state index contributed by atoms with van der Waals surface area (Å²) in [6, 6.07) is 7.82. The second kappa shape index (κ2) is 7.43. The summed E-state index contributed by atoms with van der Waals surface area (Å²) in [7, 11) is 0. The maximum atomic E-state index is 12.3. The van der Waals surface area contributed by atoms with E-state index in [1.807, 2.05) is 31.2 Å². The zero-order chi connectivity index (χ0) is 16.9. The first-order chi connectivity index (χ1) is 10.2. The zero-order valence-corrected chi connectivity index (χ0v) is 14.2. The number of amides is 1. The number of nitrogens with zero attached hydrogens (tertiary/aromatic N) is 1. The van der Waals surface area contributed by atoms with Crippen LogP contribution >= 0.6 is 0 Å². The molecule has 0 aliphatic heterocycles. The highest BCUT2D eigenvalue weighted by Gasteiger charge is 2.22. The summed E-state index contributed by atoms with van der Waals surface area (Å²) in [6.07, 6.45) is 1.17. The van der Waals surface area contributed by atoms with Gasteiger partial charge in [-0.15, -0.1) is 0 Å². The normalized spacial score (nSPS) is 12.8. The first-order valence-corrected chi connectivity index (χ1v) is 7.80. The van der Waals surface area contributed by atoms with Crippen LogP contribution in [-0.4, -0.2) is 23.5 Å². The van der Waals surface area contributed by atoms with Crippen LogP contribution in [0.25, 0.3) is 0 Å². The van der Waals surface area contributed by atoms with Crippen LogP contribution in [0.4, 0.5) is 5.69 Å². The smallest absolute Gasteiger partial charge is 0.308 e. The minimum Gasteiger partial charge on any atom is -0.481 e. The molecule has 0 bridgehead atoms. The van der Waals surface area contributed by atoms with Crippen molar-refractivity contribution in [3.8, 4) is 0 Å². The molecule has 1 aromatic rings. The highest BCUT2D eigenvalue weighted by molar-refractivity contribution is 5.94. The molecule has 22 heavy (non-hydrogen) atoms. The summed E-state index contributed by atoms with van der Waals surface area (Å²) in [4.78, 5) is 25.0. The fourth-order valence-corrected chi connectivity index (χ4v) is 2.19. The van der Waals surface area contributed by atoms with Gasteiger partial charge >= 0.3 is 5.97 Å². The monoisotopic (exact) mass is 305 g/mol. The Morgan fingerprint density at radius 1 is 1.18 bits per heavy atom. The number of aliphatic carboxylic acids is 1. The standard InChI is InChI=1S/C18H27NO3/c1-6-7-16(20)19(12-13(2)17(21)22)15-10-8-14(9-11-15)18(3,4)5/h8-11,13H,6-7,12H2,1-5H3,(H,21,22). The molecule has 0 aliphatic carbocycles. The molecule has 1 atom stereocenters. The van der Waals surface area contributed by atoms with Gasteiger partial charge in [0.2, 0.25) is 5.91 Å². The molecular formula is C18H27NO3. The second-order valence-corrected chi connectivity index (χ2v) is 6.79. The lowest BCUT2D eigenvalue weighted by molar-refractivity contribution is -0.140. The van der Waals surface area contributed by atoms with Gasteiger partial charge in [0.05, 0.1) is 5.92 Å². The number of carboxylic acid groups (broad SMARTS) is 1. The number of benzene rings is 1. The van der Waals surface area contributed by atoms with E-state index < -0.39 is 11.9 Å². The highest BCUT2D eigenvalue weighted by atomic mass is 16.4. The third-order valence-electron chi connectivity index (χ3n) is 3.69. The van der Waals surface area contributed by atoms with Gasteiger partial charge < -0.3 is 10.0 Å². The van der Waals surface area contributed by atoms with Gasteiger partial charge in [0, 0.05) is 18.7 Å². The number of hydrogen-bond donors (Lipinski definition) is 1. The Bertz CT molecular complexity index is 514. The second-order valence-electron chi connectivity index (χ2n) is 6.79. The Hall–Kier alpha value is -1.84. The van der Waals surface area contributed by atoms with Crippen molar-refractivity contribution in [2.24, 2.45) is 5.92 Å². The summed E-state index contributed by atoms with van der Waals surface area (Å²) in [5.41, 5.74) is 2.00. The number of hydrogen-bond acceptors (Lipinski definition) is 2. The third-order valence-corrected chi connectivity index (χ3v) is 3.69. The maximum Gasteiger partial charge on any atom is 0.308 e. The van der Waals surface area contributed by atoms with E-state index >= 15 is 0 Å². The van der Waals surface area contributed by atoms with Crippen molar-refractivity contribution in [2.45, 2.75) is 52.9 Å². The minimum absolute atomic E-state index is 0.0286. The van der Waals surface area contributed by atoms with E-state index in [4.69, 9.17) is 5.11 Å². The molecule has 0 spiro atoms. The Kier molecular flexibility index (Phi) is 6.15. The van der Waals surface area contributed by atoms with E-state index in [1.165, 1.54) is 5.56 Å². The quantitative estimate of drug-likeness (QED) is 0.868. The van der Waals surface area contributed by atoms with E-state index in [0.717, 1.165) is 12.1 Å². The molecular weight excluding hydrogens is 278 g/mol. The summed E-state index contributed by atoms with van der Waals surface area (Å²) in [6.45, 7) is 10.2. The largest absolute Gasteiger partial charge is 0.481 e. The summed E-state index contributed by atoms with van der Waals surface area (Å²) in [5, 5.41) is 9.10. The van der Waals surface area contributed by atoms with Crippen molar-refractivity contribution in [2.75, 3.05) is 11.4 Å². The van der Waals surface area contributed by atoms with Crippen molar-refractivity contribution in [1.29, 1.82) is 0 Å². The molecule has 4 heteroatoms. The van der Waals surface area contributed by atoms with E-state index in [1.54, 1.807) is 11.8 Å². The minimum atomic E-state index is -0.888. The fraction of sp³-hybridized carbons (Fsp3) is 0.556. The van der Waals surface area contributed by atoms with Gasteiger partial charge in [0.1, 0.15) is 0 Å². The van der Waals surface area contributed by atoms with Crippen LogP contribution < -0.4 is 4.90 Å². The van der Waals surface area contributed by atoms with Crippen molar-refractivity contribution in [1.82, 2.24) is 0 Å². The van der Waals surface area contributed by atoms with Crippen LogP contribution in [0.1, 0.15) is 53.0 Å². The zero-order valence-electron chi connectivity index (χ0n) is 14.2. The Morgan fingerprint density at radius 2 is 1.73 bits per heavy atom. The average molecular weight is 305 g/mol. The van der Waals surface area contributed by atoms with Gasteiger partial charge in [0.15, 0.2) is 0 Å². The molecule has 0 saturated heterocycles. The fourth-order valence-electron chi connectivity index (χ4n) is 2.19. The van der Waals surface area contributed by atoms with Gasteiger partial charge in [-0.2, -0.15) is 0 Å². The van der Waals surface area contributed by atoms with Crippen molar-refractivity contribution >= 4 is 17.6 Å². The molecule has 1 amide bonds. The molecule has 0 saturated carbocycles. The van der Waals surface area contributed by atoms with Gasteiger partial charge in [-0.05, 0) is 29.5 Å². The SMILES string of the molecule is CCCC(=O)N(CC(C)C(=O)O)c1ccc(C(C)(C)C)cc1. The molecule has 4 nitrogen and oxygen atoms in total. The number of anilines is 1. The van der Waals surface area contributed by atoms with Gasteiger partial charge in [-0.1, -0.05) is 46.8 Å². The molecule has 0 heterocycles. The van der Waals surface area contributed by atoms with E-state index in [0.29, 0.717) is 6.42 Å². The number of carbonyl (C=O) groups excluding carboxylic acids is 1. The van der Waals surface area contributed by atoms with Crippen LogP contribution in [0.2, 0.25) is 0 Å². The van der Waals surface area contributed by atoms with Crippen LogP contribution in [0, 0.1) is 5.92 Å². The number of rotatable bonds is 6. The third kappa shape index (κ3) is 4.86. The van der Waals surface area contributed by atoms with Crippen LogP contribution in [0.5, 0.6) is 0 Å². The maximum absolute atomic E-state index is 12.3. The van der Waals surface area contributed by atoms with Crippen LogP contribution in [0.15, 0.2) is 24.3 Å². The molecule has 0 radical (unpaired) electrons. The summed E-state index contributed by atoms with van der Waals surface area (Å²) >= 11 is 0. The predicted molar refractivity (Wildman–Crippen MR) is 89.2 cm³/mol. The van der Waals surface area contributed by atoms with E-state index in [9.17, 15) is 9.59 Å². The van der Waals surface area contributed by atoms with Gasteiger partial charge in [0.25, 0.3) is 0 Å². The average Bonchev–Trinajstić information content (AvgIpc) is 2.43. The van der Waals surface area contributed by atoms with Crippen LogP contribution in [-0.2, 0) is 15.0 Å². The molecule has 122 valence electrons. The van der Waals surface area contributed by atoms with Crippen molar-refractivity contribution in [3.05, 3.63) is 29.8 Å². The molecule has 1 rings (SSSR count). The number of carbonyl (C=O) groups is 2. The summed E-state index contributed by atoms with van der Waals surface area (Å²) in [5.74, 6) is -1.51. The van der Waals surface area contributed by atoms with Crippen LogP contribution in [0.3, 0.4) is 0 Å². The molecule has 0 fully saturated rings. The molecule has 1 unspecified atom stereocenters. The van der Waals surface area contributed by atoms with Gasteiger partial charge in [-0.3, -0.25) is 9.59 Å². The molecule has 0 aliphatic rings. The first kappa shape index (κ1) is 18.2. The lowest BCUT2D eigenvalue weighted by Crippen LogP contribution is -2.36. The number of carboxylic acids is 1.